The van der Waals surface area contributed by atoms with Crippen LogP contribution in [0, 0.1) is 0 Å². The average molecular weight is 216 g/mol. The van der Waals surface area contributed by atoms with E-state index in [-0.39, 0.29) is 0 Å². The molecule has 2 rings (SSSR count). The fraction of sp³-hybridized carbons (Fsp3) is 0.286. The van der Waals surface area contributed by atoms with Crippen molar-refractivity contribution in [1.82, 2.24) is 0 Å². The topological polar surface area (TPSA) is 0 Å². The summed E-state index contributed by atoms with van der Waals surface area (Å²) in [5, 5.41) is 1.41. The van der Waals surface area contributed by atoms with Crippen LogP contribution in [-0.4, -0.2) is 0 Å². The van der Waals surface area contributed by atoms with Crippen molar-refractivity contribution in [2.24, 2.45) is 0 Å². The summed E-state index contributed by atoms with van der Waals surface area (Å²) in [5.41, 5.74) is 2.84. The Morgan fingerprint density at radius 2 is 2.27 bits per heavy atom. The standard InChI is InChI=1S/C14H16S/c1-4-7-13-11(5-2)12-9-6-8-10(3)14(12)15-13/h4-5,7,9H,2,6,8H2,1,3H3/b7-4-. The van der Waals surface area contributed by atoms with Crippen molar-refractivity contribution in [2.45, 2.75) is 26.7 Å². The van der Waals surface area contributed by atoms with Crippen LogP contribution in [0.2, 0.25) is 0 Å². The quantitative estimate of drug-likeness (QED) is 0.712. The number of rotatable bonds is 2. The zero-order valence-corrected chi connectivity index (χ0v) is 10.2. The number of thiophene rings is 1. The Morgan fingerprint density at radius 1 is 1.47 bits per heavy atom. The lowest BCUT2D eigenvalue weighted by atomic mass is 10.0. The van der Waals surface area contributed by atoms with Gasteiger partial charge >= 0.3 is 0 Å². The minimum Gasteiger partial charge on any atom is -0.135 e. The lowest BCUT2D eigenvalue weighted by Gasteiger charge is -2.01. The molecule has 1 aromatic rings. The average Bonchev–Trinajstić information content (AvgIpc) is 2.58. The van der Waals surface area contributed by atoms with Gasteiger partial charge in [-0.2, -0.15) is 0 Å². The molecule has 15 heavy (non-hydrogen) atoms. The van der Waals surface area contributed by atoms with Crippen LogP contribution in [0.5, 0.6) is 0 Å². The minimum absolute atomic E-state index is 1.17. The zero-order chi connectivity index (χ0) is 10.8. The van der Waals surface area contributed by atoms with Crippen LogP contribution in [0.1, 0.15) is 37.1 Å². The highest BCUT2D eigenvalue weighted by Crippen LogP contribution is 2.16. The maximum absolute atomic E-state index is 3.92. The second-order valence-corrected chi connectivity index (χ2v) is 4.90. The van der Waals surface area contributed by atoms with E-state index in [9.17, 15) is 0 Å². The van der Waals surface area contributed by atoms with Crippen LogP contribution >= 0.6 is 11.3 Å². The van der Waals surface area contributed by atoms with Crippen LogP contribution in [0.15, 0.2) is 12.7 Å². The molecule has 0 spiro atoms. The Balaban J connectivity index is 2.84. The van der Waals surface area contributed by atoms with Gasteiger partial charge in [-0.25, -0.2) is 0 Å². The van der Waals surface area contributed by atoms with Gasteiger partial charge in [-0.1, -0.05) is 30.4 Å². The molecule has 1 heteroatoms. The van der Waals surface area contributed by atoms with Gasteiger partial charge in [-0.3, -0.25) is 0 Å². The highest BCUT2D eigenvalue weighted by atomic mass is 32.1. The lowest BCUT2D eigenvalue weighted by molar-refractivity contribution is 1.08. The number of allylic oxidation sites excluding steroid dienone is 1. The molecule has 0 nitrogen and oxygen atoms in total. The normalized spacial score (nSPS) is 15.2. The van der Waals surface area contributed by atoms with Crippen LogP contribution in [0.3, 0.4) is 0 Å². The smallest absolute Gasteiger partial charge is 0.0351 e. The SMILES string of the molecule is C=Cc1c(/C=C\C)sc2c1=CCCC=2C. The Morgan fingerprint density at radius 3 is 2.93 bits per heavy atom. The van der Waals surface area contributed by atoms with Crippen molar-refractivity contribution in [3.05, 3.63) is 32.8 Å². The van der Waals surface area contributed by atoms with Gasteiger partial charge < -0.3 is 0 Å². The van der Waals surface area contributed by atoms with Crippen molar-refractivity contribution in [1.29, 1.82) is 0 Å². The Hall–Kier alpha value is -1.08. The van der Waals surface area contributed by atoms with Crippen molar-refractivity contribution in [2.75, 3.05) is 0 Å². The predicted molar refractivity (Wildman–Crippen MR) is 71.1 cm³/mol. The molecular formula is C14H16S. The van der Waals surface area contributed by atoms with Crippen molar-refractivity contribution >= 4 is 35.1 Å². The summed E-state index contributed by atoms with van der Waals surface area (Å²) in [7, 11) is 0. The fourth-order valence-corrected chi connectivity index (χ4v) is 3.33. The molecule has 0 N–H and O–H groups in total. The van der Waals surface area contributed by atoms with Crippen LogP contribution in [0.25, 0.3) is 23.8 Å². The summed E-state index contributed by atoms with van der Waals surface area (Å²) in [5.74, 6) is 0. The largest absolute Gasteiger partial charge is 0.135 e. The van der Waals surface area contributed by atoms with Crippen molar-refractivity contribution < 1.29 is 0 Å². The van der Waals surface area contributed by atoms with Gasteiger partial charge in [-0.15, -0.1) is 11.3 Å². The maximum Gasteiger partial charge on any atom is 0.0351 e. The van der Waals surface area contributed by atoms with Crippen molar-refractivity contribution in [3.63, 3.8) is 0 Å². The molecule has 0 aliphatic heterocycles. The third kappa shape index (κ3) is 1.72. The van der Waals surface area contributed by atoms with Crippen LogP contribution < -0.4 is 9.75 Å². The molecule has 1 aliphatic carbocycles. The molecule has 1 aliphatic rings. The van der Waals surface area contributed by atoms with Gasteiger partial charge in [0.25, 0.3) is 0 Å². The molecule has 0 bridgehead atoms. The maximum atomic E-state index is 3.92. The highest BCUT2D eigenvalue weighted by Gasteiger charge is 2.08. The van der Waals surface area contributed by atoms with E-state index < -0.39 is 0 Å². The van der Waals surface area contributed by atoms with Gasteiger partial charge in [0.15, 0.2) is 0 Å². The van der Waals surface area contributed by atoms with Gasteiger partial charge in [-0.05, 0) is 43.5 Å². The van der Waals surface area contributed by atoms with Gasteiger partial charge in [0.1, 0.15) is 0 Å². The summed E-state index contributed by atoms with van der Waals surface area (Å²) in [6.07, 6.45) is 11.0. The third-order valence-electron chi connectivity index (χ3n) is 2.79. The van der Waals surface area contributed by atoms with E-state index in [1.54, 1.807) is 0 Å². The first-order chi connectivity index (χ1) is 7.27. The highest BCUT2D eigenvalue weighted by molar-refractivity contribution is 7.11. The first-order valence-corrected chi connectivity index (χ1v) is 6.17. The van der Waals surface area contributed by atoms with Crippen LogP contribution in [-0.2, 0) is 0 Å². The van der Waals surface area contributed by atoms with E-state index in [1.165, 1.54) is 38.6 Å². The molecule has 1 heterocycles. The number of hydrogen-bond donors (Lipinski definition) is 0. The van der Waals surface area contributed by atoms with E-state index in [4.69, 9.17) is 0 Å². The van der Waals surface area contributed by atoms with Gasteiger partial charge in [0.2, 0.25) is 0 Å². The van der Waals surface area contributed by atoms with E-state index in [0.717, 1.165) is 0 Å². The van der Waals surface area contributed by atoms with Gasteiger partial charge in [0, 0.05) is 9.41 Å². The van der Waals surface area contributed by atoms with E-state index in [0.29, 0.717) is 0 Å². The predicted octanol–water partition coefficient (Wildman–Crippen LogP) is 3.17. The molecule has 0 saturated carbocycles. The molecule has 0 saturated heterocycles. The summed E-state index contributed by atoms with van der Waals surface area (Å²) in [6, 6.07) is 0. The Bertz CT molecular complexity index is 526. The van der Waals surface area contributed by atoms with E-state index >= 15 is 0 Å². The first kappa shape index (κ1) is 10.4. The van der Waals surface area contributed by atoms with E-state index in [2.05, 4.69) is 38.7 Å². The lowest BCUT2D eigenvalue weighted by Crippen LogP contribution is -2.25. The third-order valence-corrected chi connectivity index (χ3v) is 4.14. The second-order valence-electron chi connectivity index (χ2n) is 3.85. The monoisotopic (exact) mass is 216 g/mol. The molecule has 0 aromatic carbocycles. The summed E-state index contributed by atoms with van der Waals surface area (Å²) in [4.78, 5) is 1.34. The molecule has 1 aromatic heterocycles. The minimum atomic E-state index is 1.17. The van der Waals surface area contributed by atoms with Crippen molar-refractivity contribution in [3.8, 4) is 0 Å². The number of hydrogen-bond acceptors (Lipinski definition) is 1. The summed E-state index contributed by atoms with van der Waals surface area (Å²) in [6.45, 7) is 8.23. The Kier molecular flexibility index (Phi) is 2.92. The molecule has 0 amide bonds. The molecule has 0 unspecified atom stereocenters. The molecule has 0 atom stereocenters. The fourth-order valence-electron chi connectivity index (χ4n) is 2.03. The van der Waals surface area contributed by atoms with Gasteiger partial charge in [0.05, 0.1) is 0 Å². The molecule has 0 radical (unpaired) electrons. The summed E-state index contributed by atoms with van der Waals surface area (Å²) >= 11 is 1.89. The second kappa shape index (κ2) is 4.19. The zero-order valence-electron chi connectivity index (χ0n) is 9.34. The number of fused-ring (bicyclic) bond motifs is 1. The van der Waals surface area contributed by atoms with Crippen LogP contribution in [0.4, 0.5) is 0 Å². The molecule has 0 fully saturated rings. The molecular weight excluding hydrogens is 200 g/mol. The summed E-state index contributed by atoms with van der Waals surface area (Å²) < 4.78 is 1.46. The Labute approximate surface area is 95.0 Å². The van der Waals surface area contributed by atoms with E-state index in [1.807, 2.05) is 17.4 Å². The first-order valence-electron chi connectivity index (χ1n) is 5.36. The molecule has 78 valence electrons.